The Balaban J connectivity index is -0.0000000750. The molecule has 0 saturated heterocycles. The second-order valence-corrected chi connectivity index (χ2v) is 1.54. The van der Waals surface area contributed by atoms with E-state index < -0.39 is 7.82 Å². The first-order chi connectivity index (χ1) is 3.00. The molecule has 8 heteroatoms. The van der Waals surface area contributed by atoms with Crippen LogP contribution in [0, 0.1) is 0 Å². The third kappa shape index (κ3) is 79.1. The summed E-state index contributed by atoms with van der Waals surface area (Å²) in [4.78, 5) is 21.6. The van der Waals surface area contributed by atoms with E-state index in [9.17, 15) is 0 Å². The minimum absolute atomic E-state index is 0. The molecule has 0 aromatic rings. The van der Waals surface area contributed by atoms with Crippen molar-refractivity contribution in [2.75, 3.05) is 0 Å². The van der Waals surface area contributed by atoms with Crippen LogP contribution in [-0.4, -0.2) is 66.9 Å². The molecule has 0 radical (unpaired) electrons. The Bertz CT molecular complexity index is 62.2. The van der Waals surface area contributed by atoms with Crippen LogP contribution in [-0.2, 0) is 18.7 Å². The predicted molar refractivity (Wildman–Crippen MR) is 31.4 cm³/mol. The first-order valence-electron chi connectivity index (χ1n) is 1.14. The van der Waals surface area contributed by atoms with Crippen LogP contribution in [0.2, 0.25) is 0 Å². The molecule has 0 unspecified atom stereocenters. The first-order valence-corrected chi connectivity index (χ1v) is 6.72. The molecule has 0 aromatic heterocycles. The van der Waals surface area contributed by atoms with Gasteiger partial charge in [-0.1, -0.05) is 0 Å². The van der Waals surface area contributed by atoms with E-state index in [-0.39, 0.29) is 37.7 Å². The average Bonchev–Trinajstić information content (AvgIpc) is 1.36. The summed E-state index contributed by atoms with van der Waals surface area (Å²) in [5, 5.41) is 0. The Kier molecular flexibility index (Phi) is 19.8. The zero-order chi connectivity index (χ0) is 6.50. The Morgan fingerprint density at radius 2 is 1.25 bits per heavy atom. The van der Waals surface area contributed by atoms with Crippen LogP contribution in [0.4, 0.5) is 0 Å². The normalized spacial score (nSPS) is 8.00. The van der Waals surface area contributed by atoms with Gasteiger partial charge in [-0.15, -0.1) is 0 Å². The van der Waals surface area contributed by atoms with Crippen molar-refractivity contribution >= 4 is 60.0 Å². The van der Waals surface area contributed by atoms with Crippen LogP contribution in [0.25, 0.3) is 0 Å². The quantitative estimate of drug-likeness (QED) is 0.308. The number of phosphoric acid groups is 1. The average molecular weight is 225 g/mol. The van der Waals surface area contributed by atoms with Gasteiger partial charge in [-0.25, -0.2) is 4.57 Å². The second-order valence-electron chi connectivity index (χ2n) is 0.513. The molecule has 0 rings (SSSR count). The van der Waals surface area contributed by atoms with Crippen molar-refractivity contribution in [3.05, 3.63) is 0 Å². The van der Waals surface area contributed by atoms with Crippen molar-refractivity contribution in [2.24, 2.45) is 0 Å². The summed E-state index contributed by atoms with van der Waals surface area (Å²) >= 11 is 4.44. The number of rotatable bonds is 0. The molecule has 0 aliphatic carbocycles. The molecular weight excluding hydrogens is 218 g/mol. The molecule has 8 heavy (non-hydrogen) atoms. The second kappa shape index (κ2) is 9.42. The van der Waals surface area contributed by atoms with Crippen LogP contribution in [0.5, 0.6) is 0 Å². The molecule has 0 saturated carbocycles. The van der Waals surface area contributed by atoms with Gasteiger partial charge in [0, 0.05) is 0 Å². The fourth-order valence-electron chi connectivity index (χ4n) is 0. The van der Waals surface area contributed by atoms with E-state index in [0.29, 0.717) is 0 Å². The molecular formula is H7AlCaFeO4P. The Hall–Kier alpha value is 2.42. The van der Waals surface area contributed by atoms with Crippen LogP contribution >= 0.6 is 7.82 Å². The van der Waals surface area contributed by atoms with Gasteiger partial charge in [0.15, 0.2) is 0 Å². The number of hydrogen-bond donors (Lipinski definition) is 3. The van der Waals surface area contributed by atoms with Crippen molar-refractivity contribution in [3.8, 4) is 0 Å². The van der Waals surface area contributed by atoms with E-state index in [1.807, 2.05) is 0 Å². The van der Waals surface area contributed by atoms with Crippen LogP contribution in [0.3, 0.4) is 0 Å². The van der Waals surface area contributed by atoms with Crippen molar-refractivity contribution in [3.63, 3.8) is 0 Å². The SMILES string of the molecule is O=P(O)(O)O.[AlH2][Fe].[CaH2]. The van der Waals surface area contributed by atoms with Gasteiger partial charge < -0.3 is 14.7 Å². The third-order valence-electron chi connectivity index (χ3n) is 0. The van der Waals surface area contributed by atoms with Gasteiger partial charge in [-0.05, 0) is 0 Å². The summed E-state index contributed by atoms with van der Waals surface area (Å²) in [7, 11) is -4.64. The van der Waals surface area contributed by atoms with Gasteiger partial charge in [-0.2, -0.15) is 0 Å². The third-order valence-corrected chi connectivity index (χ3v) is 0. The summed E-state index contributed by atoms with van der Waals surface area (Å²) in [6, 6.07) is 0. The van der Waals surface area contributed by atoms with Crippen molar-refractivity contribution in [1.82, 2.24) is 0 Å². The topological polar surface area (TPSA) is 77.8 Å². The van der Waals surface area contributed by atoms with E-state index in [1.165, 1.54) is 0 Å². The predicted octanol–water partition coefficient (Wildman–Crippen LogP) is -2.76. The molecule has 4 nitrogen and oxygen atoms in total. The summed E-state index contributed by atoms with van der Waals surface area (Å²) in [6.07, 6.45) is 0. The van der Waals surface area contributed by atoms with E-state index in [1.54, 1.807) is 0 Å². The van der Waals surface area contributed by atoms with Crippen molar-refractivity contribution in [2.45, 2.75) is 0 Å². The molecule has 0 fully saturated rings. The molecule has 49 valence electrons. The van der Waals surface area contributed by atoms with E-state index in [2.05, 4.69) is 14.1 Å². The first kappa shape index (κ1) is 16.8. The van der Waals surface area contributed by atoms with Gasteiger partial charge in [0.2, 0.25) is 0 Å². The monoisotopic (exact) mass is 225 g/mol. The summed E-state index contributed by atoms with van der Waals surface area (Å²) in [5.41, 5.74) is 0. The molecule has 0 bridgehead atoms. The summed E-state index contributed by atoms with van der Waals surface area (Å²) in [6.45, 7) is 0. The zero-order valence-electron chi connectivity index (χ0n) is 3.55. The fraction of sp³-hybridized carbons (Fsp3) is 0. The van der Waals surface area contributed by atoms with Crippen LogP contribution in [0.15, 0.2) is 0 Å². The van der Waals surface area contributed by atoms with E-state index in [4.69, 9.17) is 19.2 Å². The molecule has 0 aliphatic heterocycles. The minimum atomic E-state index is -4.64. The Morgan fingerprint density at radius 3 is 1.25 bits per heavy atom. The van der Waals surface area contributed by atoms with Crippen LogP contribution < -0.4 is 0 Å². The molecule has 0 amide bonds. The Morgan fingerprint density at radius 1 is 1.25 bits per heavy atom. The van der Waals surface area contributed by atoms with Crippen LogP contribution in [0.1, 0.15) is 0 Å². The van der Waals surface area contributed by atoms with Gasteiger partial charge in [0.05, 0.1) is 0 Å². The van der Waals surface area contributed by atoms with E-state index in [0.717, 1.165) is 14.4 Å². The maximum absolute atomic E-state index is 8.88. The maximum atomic E-state index is 8.88. The summed E-state index contributed by atoms with van der Waals surface area (Å²) in [5.74, 6) is 0. The van der Waals surface area contributed by atoms with Crippen molar-refractivity contribution in [1.29, 1.82) is 0 Å². The molecule has 0 aliphatic rings. The molecule has 0 aromatic carbocycles. The van der Waals surface area contributed by atoms with Gasteiger partial charge in [0.1, 0.15) is 0 Å². The molecule has 3 N–H and O–H groups in total. The standard InChI is InChI=1S/Al.Ca.Fe.H3O4P.4H/c;;;1-5(2,3)4;;;;/h;;;(H3,1,2,3,4);;;;. The number of hydrogen-bond acceptors (Lipinski definition) is 1. The molecule has 0 spiro atoms. The Labute approximate surface area is 92.0 Å². The zero-order valence-corrected chi connectivity index (χ0v) is 7.55. The molecule has 0 heterocycles. The fourth-order valence-corrected chi connectivity index (χ4v) is 0. The van der Waals surface area contributed by atoms with Gasteiger partial charge in [-0.3, -0.25) is 0 Å². The van der Waals surface area contributed by atoms with Crippen molar-refractivity contribution < 1.29 is 33.4 Å². The van der Waals surface area contributed by atoms with Gasteiger partial charge >= 0.3 is 74.1 Å². The molecule has 0 atom stereocenters. The van der Waals surface area contributed by atoms with E-state index >= 15 is 0 Å². The van der Waals surface area contributed by atoms with Gasteiger partial charge in [0.25, 0.3) is 0 Å². The summed E-state index contributed by atoms with van der Waals surface area (Å²) < 4.78 is 8.88.